The molecular formula is C15H18N4O2. The van der Waals surface area contributed by atoms with Crippen LogP contribution in [0.1, 0.15) is 54.8 Å². The van der Waals surface area contributed by atoms with Crippen LogP contribution in [0.3, 0.4) is 0 Å². The average Bonchev–Trinajstić information content (AvgIpc) is 3.24. The van der Waals surface area contributed by atoms with E-state index in [9.17, 15) is 5.11 Å². The highest BCUT2D eigenvalue weighted by atomic mass is 16.5. The smallest absolute Gasteiger partial charge is 0.189 e. The fourth-order valence-electron chi connectivity index (χ4n) is 2.98. The number of ether oxygens (including phenoxy) is 1. The summed E-state index contributed by atoms with van der Waals surface area (Å²) < 4.78 is 7.81. The first-order valence-electron chi connectivity index (χ1n) is 7.52. The van der Waals surface area contributed by atoms with Gasteiger partial charge in [0, 0.05) is 0 Å². The van der Waals surface area contributed by atoms with Gasteiger partial charge in [0.1, 0.15) is 12.4 Å². The number of benzene rings is 1. The second-order valence-corrected chi connectivity index (χ2v) is 5.79. The summed E-state index contributed by atoms with van der Waals surface area (Å²) in [4.78, 5) is 0. The summed E-state index contributed by atoms with van der Waals surface area (Å²) in [6.07, 6.45) is 4.70. The first-order chi connectivity index (χ1) is 10.3. The van der Waals surface area contributed by atoms with Gasteiger partial charge in [0.2, 0.25) is 0 Å². The van der Waals surface area contributed by atoms with Crippen molar-refractivity contribution in [3.05, 3.63) is 35.2 Å². The minimum Gasteiger partial charge on any atom is -0.485 e. The molecule has 0 saturated heterocycles. The zero-order valence-electron chi connectivity index (χ0n) is 11.8. The van der Waals surface area contributed by atoms with Crippen LogP contribution in [0.25, 0.3) is 0 Å². The molecule has 0 bridgehead atoms. The van der Waals surface area contributed by atoms with E-state index in [0.717, 1.165) is 54.8 Å². The molecule has 2 aromatic rings. The third-order valence-corrected chi connectivity index (χ3v) is 4.24. The lowest BCUT2D eigenvalue weighted by Gasteiger charge is -2.23. The molecule has 6 heteroatoms. The number of hydrogen-bond donors (Lipinski definition) is 1. The molecule has 0 spiro atoms. The van der Waals surface area contributed by atoms with Crippen molar-refractivity contribution in [2.75, 3.05) is 0 Å². The van der Waals surface area contributed by atoms with E-state index in [-0.39, 0.29) is 6.10 Å². The number of aliphatic hydroxyl groups excluding tert-OH is 1. The molecule has 4 rings (SSSR count). The third-order valence-electron chi connectivity index (χ3n) is 4.24. The van der Waals surface area contributed by atoms with E-state index in [2.05, 4.69) is 15.5 Å². The third kappa shape index (κ3) is 2.40. The van der Waals surface area contributed by atoms with Crippen molar-refractivity contribution in [2.24, 2.45) is 0 Å². The zero-order valence-corrected chi connectivity index (χ0v) is 11.8. The Hall–Kier alpha value is -1.95. The normalized spacial score (nSPS) is 21.1. The number of aliphatic hydroxyl groups is 1. The molecule has 1 heterocycles. The van der Waals surface area contributed by atoms with Crippen molar-refractivity contribution in [2.45, 2.75) is 50.9 Å². The molecular weight excluding hydrogens is 268 g/mol. The Balaban J connectivity index is 1.55. The van der Waals surface area contributed by atoms with E-state index in [0.29, 0.717) is 12.6 Å². The first kappa shape index (κ1) is 12.8. The Morgan fingerprint density at radius 3 is 3.05 bits per heavy atom. The fraction of sp³-hybridized carbons (Fsp3) is 0.533. The van der Waals surface area contributed by atoms with Crippen molar-refractivity contribution in [3.8, 4) is 5.75 Å². The summed E-state index contributed by atoms with van der Waals surface area (Å²) in [5.41, 5.74) is 2.13. The van der Waals surface area contributed by atoms with Crippen LogP contribution < -0.4 is 4.74 Å². The first-order valence-corrected chi connectivity index (χ1v) is 7.52. The van der Waals surface area contributed by atoms with Gasteiger partial charge >= 0.3 is 0 Å². The standard InChI is InChI=1S/C15H18N4O2/c20-13-5-1-4-12-11(13)3-2-6-14(12)21-9-15-16-17-18-19(15)10-7-8-10/h2-3,6,10,13,20H,1,4-5,7-9H2/t13-/m1/s1. The van der Waals surface area contributed by atoms with E-state index in [1.54, 1.807) is 0 Å². The maximum atomic E-state index is 10.1. The van der Waals surface area contributed by atoms with Gasteiger partial charge in [-0.3, -0.25) is 0 Å². The SMILES string of the molecule is O[C@@H]1CCCc2c(OCc3nnnn3C3CC3)cccc21. The van der Waals surface area contributed by atoms with E-state index >= 15 is 0 Å². The van der Waals surface area contributed by atoms with Crippen molar-refractivity contribution in [3.63, 3.8) is 0 Å². The van der Waals surface area contributed by atoms with Gasteiger partial charge in [0.15, 0.2) is 5.82 Å². The Bertz CT molecular complexity index is 651. The highest BCUT2D eigenvalue weighted by Gasteiger charge is 2.28. The van der Waals surface area contributed by atoms with Crippen LogP contribution in [0.15, 0.2) is 18.2 Å². The summed E-state index contributed by atoms with van der Waals surface area (Å²) in [5.74, 6) is 1.61. The van der Waals surface area contributed by atoms with Crippen molar-refractivity contribution in [1.29, 1.82) is 0 Å². The molecule has 1 atom stereocenters. The Morgan fingerprint density at radius 1 is 1.29 bits per heavy atom. The average molecular weight is 286 g/mol. The van der Waals surface area contributed by atoms with E-state index < -0.39 is 0 Å². The van der Waals surface area contributed by atoms with Crippen molar-refractivity contribution < 1.29 is 9.84 Å². The van der Waals surface area contributed by atoms with Gasteiger partial charge < -0.3 is 9.84 Å². The number of nitrogens with zero attached hydrogens (tertiary/aromatic N) is 4. The number of hydrogen-bond acceptors (Lipinski definition) is 5. The molecule has 1 aromatic heterocycles. The minimum atomic E-state index is -0.367. The highest BCUT2D eigenvalue weighted by molar-refractivity contribution is 5.42. The predicted molar refractivity (Wildman–Crippen MR) is 74.8 cm³/mol. The van der Waals surface area contributed by atoms with Gasteiger partial charge in [-0.2, -0.15) is 0 Å². The van der Waals surface area contributed by atoms with Crippen molar-refractivity contribution in [1.82, 2.24) is 20.2 Å². The van der Waals surface area contributed by atoms with Gasteiger partial charge in [-0.25, -0.2) is 4.68 Å². The minimum absolute atomic E-state index is 0.367. The summed E-state index contributed by atoms with van der Waals surface area (Å²) in [5, 5.41) is 21.9. The lowest BCUT2D eigenvalue weighted by atomic mass is 9.89. The molecule has 2 aliphatic carbocycles. The number of fused-ring (bicyclic) bond motifs is 1. The molecule has 0 unspecified atom stereocenters. The molecule has 0 radical (unpaired) electrons. The molecule has 1 N–H and O–H groups in total. The van der Waals surface area contributed by atoms with Gasteiger partial charge in [0.25, 0.3) is 0 Å². The predicted octanol–water partition coefficient (Wildman–Crippen LogP) is 1.96. The van der Waals surface area contributed by atoms with E-state index in [1.807, 2.05) is 22.9 Å². The molecule has 0 aliphatic heterocycles. The summed E-state index contributed by atoms with van der Waals surface area (Å²) in [6, 6.07) is 6.33. The van der Waals surface area contributed by atoms with Crippen LogP contribution in [0.5, 0.6) is 5.75 Å². The van der Waals surface area contributed by atoms with Crippen molar-refractivity contribution >= 4 is 0 Å². The quantitative estimate of drug-likeness (QED) is 0.930. The number of tetrazole rings is 1. The second-order valence-electron chi connectivity index (χ2n) is 5.79. The van der Waals surface area contributed by atoms with Crippen LogP contribution >= 0.6 is 0 Å². The summed E-state index contributed by atoms with van der Waals surface area (Å²) >= 11 is 0. The molecule has 2 aliphatic rings. The van der Waals surface area contributed by atoms with Gasteiger partial charge in [0.05, 0.1) is 12.1 Å². The van der Waals surface area contributed by atoms with Crippen LogP contribution in [0.4, 0.5) is 0 Å². The van der Waals surface area contributed by atoms with Gasteiger partial charge in [-0.15, -0.1) is 5.10 Å². The number of aromatic nitrogens is 4. The topological polar surface area (TPSA) is 73.1 Å². The Kier molecular flexibility index (Phi) is 3.11. The molecule has 21 heavy (non-hydrogen) atoms. The van der Waals surface area contributed by atoms with Crippen LogP contribution in [-0.2, 0) is 13.0 Å². The monoisotopic (exact) mass is 286 g/mol. The van der Waals surface area contributed by atoms with E-state index in [4.69, 9.17) is 4.74 Å². The lowest BCUT2D eigenvalue weighted by molar-refractivity contribution is 0.155. The maximum Gasteiger partial charge on any atom is 0.189 e. The largest absolute Gasteiger partial charge is 0.485 e. The van der Waals surface area contributed by atoms with Gasteiger partial charge in [-0.05, 0) is 59.7 Å². The summed E-state index contributed by atoms with van der Waals surface area (Å²) in [6.45, 7) is 0.371. The fourth-order valence-corrected chi connectivity index (χ4v) is 2.98. The molecule has 0 amide bonds. The zero-order chi connectivity index (χ0) is 14.2. The Morgan fingerprint density at radius 2 is 2.19 bits per heavy atom. The maximum absolute atomic E-state index is 10.1. The number of rotatable bonds is 4. The molecule has 110 valence electrons. The van der Waals surface area contributed by atoms with Crippen LogP contribution in [0.2, 0.25) is 0 Å². The molecule has 1 saturated carbocycles. The van der Waals surface area contributed by atoms with Crippen LogP contribution in [-0.4, -0.2) is 25.3 Å². The highest BCUT2D eigenvalue weighted by Crippen LogP contribution is 2.36. The summed E-state index contributed by atoms with van der Waals surface area (Å²) in [7, 11) is 0. The molecule has 1 fully saturated rings. The van der Waals surface area contributed by atoms with E-state index in [1.165, 1.54) is 0 Å². The second kappa shape index (κ2) is 5.11. The molecule has 6 nitrogen and oxygen atoms in total. The lowest BCUT2D eigenvalue weighted by Crippen LogP contribution is -2.12. The van der Waals surface area contributed by atoms with Gasteiger partial charge in [-0.1, -0.05) is 12.1 Å². The molecule has 1 aromatic carbocycles. The van der Waals surface area contributed by atoms with Crippen LogP contribution in [0, 0.1) is 0 Å². The Labute approximate surface area is 122 Å².